The Hall–Kier alpha value is -2.35. The predicted octanol–water partition coefficient (Wildman–Crippen LogP) is 1.64. The van der Waals surface area contributed by atoms with Crippen molar-refractivity contribution in [2.24, 2.45) is 5.73 Å². The van der Waals surface area contributed by atoms with E-state index in [1.807, 2.05) is 41.5 Å². The minimum absolute atomic E-state index is 0.133. The summed E-state index contributed by atoms with van der Waals surface area (Å²) in [7, 11) is 0. The van der Waals surface area contributed by atoms with Crippen molar-refractivity contribution in [1.82, 2.24) is 19.9 Å². The Bertz CT molecular complexity index is 741. The lowest BCUT2D eigenvalue weighted by molar-refractivity contribution is -0.132. The van der Waals surface area contributed by atoms with E-state index in [0.717, 1.165) is 18.4 Å². The van der Waals surface area contributed by atoms with Crippen LogP contribution in [0.4, 0.5) is 0 Å². The number of benzene rings is 1. The highest BCUT2D eigenvalue weighted by atomic mass is 32.2. The molecule has 1 atom stereocenters. The Morgan fingerprint density at radius 3 is 2.48 bits per heavy atom. The van der Waals surface area contributed by atoms with Crippen molar-refractivity contribution in [2.45, 2.75) is 24.1 Å². The summed E-state index contributed by atoms with van der Waals surface area (Å²) in [6, 6.07) is 9.99. The first-order chi connectivity index (χ1) is 12.1. The molecule has 1 fully saturated rings. The van der Waals surface area contributed by atoms with E-state index >= 15 is 0 Å². The third-order valence-electron chi connectivity index (χ3n) is 4.48. The van der Waals surface area contributed by atoms with E-state index in [0.29, 0.717) is 13.1 Å². The first kappa shape index (κ1) is 17.5. The lowest BCUT2D eigenvalue weighted by Gasteiger charge is -2.33. The van der Waals surface area contributed by atoms with E-state index < -0.39 is 5.91 Å². The van der Waals surface area contributed by atoms with Gasteiger partial charge in [0.1, 0.15) is 5.25 Å². The number of likely N-dealkylation sites (tertiary alicyclic amines) is 1. The van der Waals surface area contributed by atoms with Gasteiger partial charge in [-0.25, -0.2) is 4.68 Å². The molecular weight excluding hydrogens is 338 g/mol. The van der Waals surface area contributed by atoms with Crippen LogP contribution >= 0.6 is 11.8 Å². The molecule has 0 saturated carbocycles. The van der Waals surface area contributed by atoms with Crippen molar-refractivity contribution in [2.75, 3.05) is 19.3 Å². The number of rotatable bonds is 5. The van der Waals surface area contributed by atoms with Crippen LogP contribution in [0, 0.1) is 0 Å². The summed E-state index contributed by atoms with van der Waals surface area (Å²) < 4.78 is 1.69. The topological polar surface area (TPSA) is 94.1 Å². The zero-order valence-electron chi connectivity index (χ0n) is 14.0. The average molecular weight is 359 g/mol. The lowest BCUT2D eigenvalue weighted by Crippen LogP contribution is -2.41. The van der Waals surface area contributed by atoms with E-state index in [1.54, 1.807) is 22.6 Å². The molecule has 132 valence electrons. The van der Waals surface area contributed by atoms with Gasteiger partial charge in [0.15, 0.2) is 5.69 Å². The molecule has 1 aliphatic heterocycles. The number of thioether (sulfide) groups is 1. The Kier molecular flexibility index (Phi) is 5.37. The van der Waals surface area contributed by atoms with Gasteiger partial charge >= 0.3 is 0 Å². The molecule has 2 N–H and O–H groups in total. The van der Waals surface area contributed by atoms with E-state index in [1.165, 1.54) is 0 Å². The molecule has 2 aromatic rings. The molecular formula is C17H21N5O2S. The molecule has 7 nitrogen and oxygen atoms in total. The number of piperidine rings is 1. The van der Waals surface area contributed by atoms with Crippen LogP contribution in [0.1, 0.15) is 40.2 Å². The minimum atomic E-state index is -0.579. The molecule has 1 aliphatic rings. The molecule has 1 aromatic heterocycles. The van der Waals surface area contributed by atoms with Gasteiger partial charge in [0.25, 0.3) is 5.91 Å². The maximum Gasteiger partial charge on any atom is 0.270 e. The first-order valence-electron chi connectivity index (χ1n) is 8.18. The predicted molar refractivity (Wildman–Crippen MR) is 96.1 cm³/mol. The number of nitrogens with two attached hydrogens (primary N) is 1. The Morgan fingerprint density at radius 2 is 1.92 bits per heavy atom. The zero-order valence-corrected chi connectivity index (χ0v) is 14.9. The fraction of sp³-hybridized carbons (Fsp3) is 0.412. The Balaban J connectivity index is 1.63. The summed E-state index contributed by atoms with van der Waals surface area (Å²) in [4.78, 5) is 25.9. The molecule has 1 unspecified atom stereocenters. The number of primary amides is 1. The van der Waals surface area contributed by atoms with Gasteiger partial charge < -0.3 is 10.6 Å². The van der Waals surface area contributed by atoms with Gasteiger partial charge in [-0.15, -0.1) is 16.9 Å². The SMILES string of the molecule is CSC(C(=O)N1CCC(n2cc(C(N)=O)nn2)CC1)c1ccccc1. The normalized spacial score (nSPS) is 16.6. The lowest BCUT2D eigenvalue weighted by atomic mass is 10.0. The number of hydrogen-bond donors (Lipinski definition) is 1. The quantitative estimate of drug-likeness (QED) is 0.876. The fourth-order valence-electron chi connectivity index (χ4n) is 3.09. The molecule has 0 spiro atoms. The van der Waals surface area contributed by atoms with Crippen molar-refractivity contribution in [3.63, 3.8) is 0 Å². The van der Waals surface area contributed by atoms with Gasteiger partial charge in [0.2, 0.25) is 5.91 Å². The molecule has 2 heterocycles. The van der Waals surface area contributed by atoms with Crippen LogP contribution in [-0.4, -0.2) is 51.1 Å². The van der Waals surface area contributed by atoms with Gasteiger partial charge in [0.05, 0.1) is 12.2 Å². The number of carbonyl (C=O) groups is 2. The molecule has 0 bridgehead atoms. The third-order valence-corrected chi connectivity index (χ3v) is 5.42. The van der Waals surface area contributed by atoms with E-state index in [-0.39, 0.29) is 22.9 Å². The highest BCUT2D eigenvalue weighted by Crippen LogP contribution is 2.31. The highest BCUT2D eigenvalue weighted by molar-refractivity contribution is 7.99. The molecule has 1 aromatic carbocycles. The molecule has 1 saturated heterocycles. The second kappa shape index (κ2) is 7.69. The number of aromatic nitrogens is 3. The van der Waals surface area contributed by atoms with Crippen molar-refractivity contribution < 1.29 is 9.59 Å². The largest absolute Gasteiger partial charge is 0.364 e. The Labute approximate surface area is 150 Å². The second-order valence-electron chi connectivity index (χ2n) is 6.03. The summed E-state index contributed by atoms with van der Waals surface area (Å²) in [5, 5.41) is 7.59. The van der Waals surface area contributed by atoms with Crippen molar-refractivity contribution >= 4 is 23.6 Å². The molecule has 8 heteroatoms. The number of carbonyl (C=O) groups excluding carboxylic acids is 2. The Morgan fingerprint density at radius 1 is 1.24 bits per heavy atom. The summed E-state index contributed by atoms with van der Waals surface area (Å²) in [5.41, 5.74) is 6.42. The number of hydrogen-bond acceptors (Lipinski definition) is 5. The maximum atomic E-state index is 12.9. The average Bonchev–Trinajstić information content (AvgIpc) is 3.14. The van der Waals surface area contributed by atoms with Gasteiger partial charge in [-0.3, -0.25) is 9.59 Å². The standard InChI is InChI=1S/C17H21N5O2S/c1-25-15(12-5-3-2-4-6-12)17(24)21-9-7-13(8-10-21)22-11-14(16(18)23)19-20-22/h2-6,11,13,15H,7-10H2,1H3,(H2,18,23). The number of nitrogens with zero attached hydrogens (tertiary/aromatic N) is 4. The van der Waals surface area contributed by atoms with Gasteiger partial charge in [0, 0.05) is 13.1 Å². The van der Waals surface area contributed by atoms with Crippen LogP contribution in [0.2, 0.25) is 0 Å². The van der Waals surface area contributed by atoms with Gasteiger partial charge in [-0.05, 0) is 24.7 Å². The van der Waals surface area contributed by atoms with Crippen LogP contribution < -0.4 is 5.73 Å². The van der Waals surface area contributed by atoms with E-state index in [9.17, 15) is 9.59 Å². The summed E-state index contributed by atoms with van der Waals surface area (Å²) in [6.07, 6.45) is 5.11. The van der Waals surface area contributed by atoms with Gasteiger partial charge in [-0.2, -0.15) is 0 Å². The van der Waals surface area contributed by atoms with E-state index in [4.69, 9.17) is 5.73 Å². The molecule has 25 heavy (non-hydrogen) atoms. The summed E-state index contributed by atoms with van der Waals surface area (Å²) in [5.74, 6) is -0.432. The van der Waals surface area contributed by atoms with Crippen LogP contribution in [-0.2, 0) is 4.79 Å². The van der Waals surface area contributed by atoms with Crippen LogP contribution in [0.5, 0.6) is 0 Å². The smallest absolute Gasteiger partial charge is 0.270 e. The second-order valence-corrected chi connectivity index (χ2v) is 6.97. The minimum Gasteiger partial charge on any atom is -0.364 e. The molecule has 3 rings (SSSR count). The molecule has 2 amide bonds. The van der Waals surface area contributed by atoms with Crippen LogP contribution in [0.25, 0.3) is 0 Å². The molecule has 0 aliphatic carbocycles. The summed E-state index contributed by atoms with van der Waals surface area (Å²) in [6.45, 7) is 1.33. The summed E-state index contributed by atoms with van der Waals surface area (Å²) >= 11 is 1.56. The van der Waals surface area contributed by atoms with Crippen LogP contribution in [0.15, 0.2) is 36.5 Å². The van der Waals surface area contributed by atoms with Crippen molar-refractivity contribution in [3.05, 3.63) is 47.8 Å². The third kappa shape index (κ3) is 3.84. The van der Waals surface area contributed by atoms with E-state index in [2.05, 4.69) is 10.3 Å². The zero-order chi connectivity index (χ0) is 17.8. The molecule has 0 radical (unpaired) electrons. The highest BCUT2D eigenvalue weighted by Gasteiger charge is 2.29. The van der Waals surface area contributed by atoms with Crippen molar-refractivity contribution in [1.29, 1.82) is 0 Å². The number of amides is 2. The van der Waals surface area contributed by atoms with Crippen LogP contribution in [0.3, 0.4) is 0 Å². The fourth-order valence-corrected chi connectivity index (χ4v) is 3.87. The van der Waals surface area contributed by atoms with Crippen molar-refractivity contribution in [3.8, 4) is 0 Å². The monoisotopic (exact) mass is 359 g/mol. The maximum absolute atomic E-state index is 12.9. The van der Waals surface area contributed by atoms with Gasteiger partial charge in [-0.1, -0.05) is 35.5 Å². The first-order valence-corrected chi connectivity index (χ1v) is 9.47.